The number of halogens is 3. The third-order valence-electron chi connectivity index (χ3n) is 1.80. The maximum absolute atomic E-state index is 5.66. The summed E-state index contributed by atoms with van der Waals surface area (Å²) in [4.78, 5) is 2.85. The molecule has 0 amide bonds. The van der Waals surface area contributed by atoms with Gasteiger partial charge in [-0.05, 0) is 0 Å². The minimum Gasteiger partial charge on any atom is -0.321 e. The van der Waals surface area contributed by atoms with Crippen molar-refractivity contribution >= 4 is 34.8 Å². The number of benzene rings is 1. The zero-order valence-corrected chi connectivity index (χ0v) is 9.68. The standard InChI is InChI=1S/C9H6Cl3N3/c10-9(11,12)8-13-7(14-15-8)6-4-2-1-3-5-6/h1-5H,(H,13,14,15). The molecule has 0 spiro atoms. The molecule has 0 bridgehead atoms. The topological polar surface area (TPSA) is 41.6 Å². The smallest absolute Gasteiger partial charge is 0.250 e. The molecule has 1 aromatic carbocycles. The number of H-pyrrole nitrogens is 1. The van der Waals surface area contributed by atoms with Crippen molar-refractivity contribution in [1.29, 1.82) is 0 Å². The Bertz CT molecular complexity index is 447. The van der Waals surface area contributed by atoms with Gasteiger partial charge in [0.05, 0.1) is 0 Å². The number of nitrogens with one attached hydrogen (secondary N) is 1. The van der Waals surface area contributed by atoms with Crippen LogP contribution in [0.3, 0.4) is 0 Å². The number of alkyl halides is 3. The second kappa shape index (κ2) is 4.00. The molecule has 0 aliphatic heterocycles. The molecular weight excluding hydrogens is 256 g/mol. The summed E-state index contributed by atoms with van der Waals surface area (Å²) < 4.78 is -1.57. The molecule has 78 valence electrons. The number of rotatable bonds is 1. The fourth-order valence-electron chi connectivity index (χ4n) is 1.12. The highest BCUT2D eigenvalue weighted by atomic mass is 35.6. The monoisotopic (exact) mass is 261 g/mol. The first kappa shape index (κ1) is 10.7. The molecule has 0 saturated heterocycles. The highest BCUT2D eigenvalue weighted by Crippen LogP contribution is 2.36. The molecule has 2 rings (SSSR count). The largest absolute Gasteiger partial charge is 0.321 e. The molecule has 0 fully saturated rings. The number of hydrogen-bond acceptors (Lipinski definition) is 2. The first-order valence-electron chi connectivity index (χ1n) is 4.12. The van der Waals surface area contributed by atoms with E-state index in [-0.39, 0.29) is 5.82 Å². The zero-order chi connectivity index (χ0) is 10.9. The van der Waals surface area contributed by atoms with Crippen LogP contribution < -0.4 is 0 Å². The van der Waals surface area contributed by atoms with Crippen LogP contribution in [0.2, 0.25) is 0 Å². The number of nitrogens with zero attached hydrogens (tertiary/aromatic N) is 2. The molecule has 0 atom stereocenters. The average molecular weight is 263 g/mol. The summed E-state index contributed by atoms with van der Waals surface area (Å²) >= 11 is 17.0. The third kappa shape index (κ3) is 2.43. The summed E-state index contributed by atoms with van der Waals surface area (Å²) in [6, 6.07) is 9.49. The summed E-state index contributed by atoms with van der Waals surface area (Å²) in [5, 5.41) is 7.66. The van der Waals surface area contributed by atoms with Crippen LogP contribution in [0.4, 0.5) is 0 Å². The van der Waals surface area contributed by atoms with Gasteiger partial charge in [0.1, 0.15) is 0 Å². The van der Waals surface area contributed by atoms with Gasteiger partial charge in [-0.1, -0.05) is 65.1 Å². The van der Waals surface area contributed by atoms with E-state index >= 15 is 0 Å². The molecule has 1 heterocycles. The van der Waals surface area contributed by atoms with E-state index in [0.29, 0.717) is 5.82 Å². The van der Waals surface area contributed by atoms with Crippen molar-refractivity contribution in [2.75, 3.05) is 0 Å². The molecule has 0 unspecified atom stereocenters. The summed E-state index contributed by atoms with van der Waals surface area (Å²) in [5.41, 5.74) is 0.894. The van der Waals surface area contributed by atoms with E-state index in [1.54, 1.807) is 0 Å². The van der Waals surface area contributed by atoms with E-state index in [1.807, 2.05) is 30.3 Å². The molecule has 0 saturated carbocycles. The van der Waals surface area contributed by atoms with Crippen LogP contribution in [-0.2, 0) is 3.79 Å². The first-order valence-corrected chi connectivity index (χ1v) is 5.26. The van der Waals surface area contributed by atoms with Crippen LogP contribution in [0.1, 0.15) is 5.82 Å². The number of hydrogen-bond donors (Lipinski definition) is 1. The second-order valence-corrected chi connectivity index (χ2v) is 5.17. The van der Waals surface area contributed by atoms with Gasteiger partial charge in [-0.15, -0.1) is 10.2 Å². The van der Waals surface area contributed by atoms with E-state index in [1.165, 1.54) is 0 Å². The maximum atomic E-state index is 5.66. The molecule has 0 aliphatic rings. The predicted molar refractivity (Wildman–Crippen MR) is 61.1 cm³/mol. The van der Waals surface area contributed by atoms with Crippen molar-refractivity contribution in [3.8, 4) is 11.4 Å². The van der Waals surface area contributed by atoms with Gasteiger partial charge >= 0.3 is 0 Å². The van der Waals surface area contributed by atoms with Crippen LogP contribution in [0.5, 0.6) is 0 Å². The third-order valence-corrected chi connectivity index (χ3v) is 2.34. The van der Waals surface area contributed by atoms with Gasteiger partial charge in [-0.2, -0.15) is 0 Å². The van der Waals surface area contributed by atoms with E-state index in [4.69, 9.17) is 34.8 Å². The van der Waals surface area contributed by atoms with E-state index in [0.717, 1.165) is 5.56 Å². The van der Waals surface area contributed by atoms with Crippen molar-refractivity contribution in [3.63, 3.8) is 0 Å². The average Bonchev–Trinajstić information content (AvgIpc) is 2.67. The molecule has 0 radical (unpaired) electrons. The lowest BCUT2D eigenvalue weighted by atomic mass is 10.2. The lowest BCUT2D eigenvalue weighted by Gasteiger charge is -2.04. The lowest BCUT2D eigenvalue weighted by Crippen LogP contribution is -2.02. The summed E-state index contributed by atoms with van der Waals surface area (Å²) in [6.45, 7) is 0. The van der Waals surface area contributed by atoms with Gasteiger partial charge in [-0.3, -0.25) is 0 Å². The highest BCUT2D eigenvalue weighted by Gasteiger charge is 2.27. The van der Waals surface area contributed by atoms with Gasteiger partial charge in [0, 0.05) is 5.56 Å². The van der Waals surface area contributed by atoms with Gasteiger partial charge in [0.25, 0.3) is 0 Å². The summed E-state index contributed by atoms with van der Waals surface area (Å²) in [7, 11) is 0. The van der Waals surface area contributed by atoms with Crippen LogP contribution in [0, 0.1) is 0 Å². The molecule has 15 heavy (non-hydrogen) atoms. The molecule has 3 nitrogen and oxygen atoms in total. The Labute approximate surface area is 101 Å². The van der Waals surface area contributed by atoms with E-state index in [9.17, 15) is 0 Å². The summed E-state index contributed by atoms with van der Waals surface area (Å²) in [6.07, 6.45) is 0. The fourth-order valence-corrected chi connectivity index (χ4v) is 1.37. The maximum Gasteiger partial charge on any atom is 0.250 e. The fraction of sp³-hybridized carbons (Fsp3) is 0.111. The van der Waals surface area contributed by atoms with Crippen molar-refractivity contribution in [1.82, 2.24) is 15.2 Å². The molecule has 1 aromatic heterocycles. The lowest BCUT2D eigenvalue weighted by molar-refractivity contribution is 0.974. The Balaban J connectivity index is 2.37. The van der Waals surface area contributed by atoms with Crippen molar-refractivity contribution in [3.05, 3.63) is 36.2 Å². The Morgan fingerprint density at radius 3 is 2.20 bits per heavy atom. The van der Waals surface area contributed by atoms with Crippen LogP contribution in [-0.4, -0.2) is 15.2 Å². The van der Waals surface area contributed by atoms with Crippen LogP contribution >= 0.6 is 34.8 Å². The van der Waals surface area contributed by atoms with Gasteiger partial charge in [0.15, 0.2) is 11.6 Å². The quantitative estimate of drug-likeness (QED) is 0.801. The predicted octanol–water partition coefficient (Wildman–Crippen LogP) is 3.30. The first-order chi connectivity index (χ1) is 7.07. The van der Waals surface area contributed by atoms with Gasteiger partial charge < -0.3 is 4.98 Å². The van der Waals surface area contributed by atoms with Crippen molar-refractivity contribution < 1.29 is 0 Å². The van der Waals surface area contributed by atoms with Gasteiger partial charge in [0.2, 0.25) is 3.79 Å². The zero-order valence-electron chi connectivity index (χ0n) is 7.42. The van der Waals surface area contributed by atoms with Crippen LogP contribution in [0.25, 0.3) is 11.4 Å². The molecule has 1 N–H and O–H groups in total. The molecule has 6 heteroatoms. The minimum absolute atomic E-state index is 0.214. The Hall–Kier alpha value is -0.770. The van der Waals surface area contributed by atoms with E-state index in [2.05, 4.69) is 15.2 Å². The minimum atomic E-state index is -1.57. The van der Waals surface area contributed by atoms with Crippen LogP contribution in [0.15, 0.2) is 30.3 Å². The highest BCUT2D eigenvalue weighted by molar-refractivity contribution is 6.66. The Morgan fingerprint density at radius 2 is 1.67 bits per heavy atom. The Morgan fingerprint density at radius 1 is 1.00 bits per heavy atom. The molecule has 0 aliphatic carbocycles. The van der Waals surface area contributed by atoms with Crippen molar-refractivity contribution in [2.45, 2.75) is 3.79 Å². The molecular formula is C9H6Cl3N3. The van der Waals surface area contributed by atoms with Gasteiger partial charge in [-0.25, -0.2) is 0 Å². The normalized spacial score (nSPS) is 11.7. The van der Waals surface area contributed by atoms with Crippen molar-refractivity contribution in [2.24, 2.45) is 0 Å². The second-order valence-electron chi connectivity index (χ2n) is 2.89. The number of aromatic amines is 1. The van der Waals surface area contributed by atoms with E-state index < -0.39 is 3.79 Å². The number of aromatic nitrogens is 3. The SMILES string of the molecule is ClC(Cl)(Cl)c1nnc(-c2ccccc2)[nH]1. The molecule has 2 aromatic rings. The Kier molecular flexibility index (Phi) is 2.87. The summed E-state index contributed by atoms with van der Waals surface area (Å²) in [5.74, 6) is 0.795.